The van der Waals surface area contributed by atoms with E-state index in [1.807, 2.05) is 6.07 Å². The van der Waals surface area contributed by atoms with Gasteiger partial charge in [0.25, 0.3) is 0 Å². The second-order valence-corrected chi connectivity index (χ2v) is 7.16. The molecule has 0 bridgehead atoms. The molecule has 9 heteroatoms. The summed E-state index contributed by atoms with van der Waals surface area (Å²) in [5.74, 6) is -0.543. The van der Waals surface area contributed by atoms with Crippen LogP contribution in [0.2, 0.25) is 0 Å². The lowest BCUT2D eigenvalue weighted by atomic mass is 10.1. The number of rotatable bonds is 7. The molecule has 0 radical (unpaired) electrons. The summed E-state index contributed by atoms with van der Waals surface area (Å²) in [4.78, 5) is 38.4. The second-order valence-electron chi connectivity index (χ2n) is 7.16. The topological polar surface area (TPSA) is 107 Å². The number of hydrogen-bond donors (Lipinski definition) is 1. The molecule has 4 rings (SSSR count). The molecule has 1 aliphatic rings. The molecule has 1 aromatic carbocycles. The van der Waals surface area contributed by atoms with Crippen LogP contribution >= 0.6 is 0 Å². The van der Waals surface area contributed by atoms with Gasteiger partial charge in [0, 0.05) is 24.8 Å². The van der Waals surface area contributed by atoms with E-state index in [-0.39, 0.29) is 30.5 Å². The Balaban J connectivity index is 1.40. The van der Waals surface area contributed by atoms with Crippen molar-refractivity contribution in [3.8, 4) is 5.69 Å². The van der Waals surface area contributed by atoms with Crippen molar-refractivity contribution in [3.63, 3.8) is 0 Å². The van der Waals surface area contributed by atoms with E-state index in [1.165, 1.54) is 4.68 Å². The van der Waals surface area contributed by atoms with Crippen molar-refractivity contribution in [2.45, 2.75) is 19.9 Å². The van der Waals surface area contributed by atoms with Gasteiger partial charge in [-0.25, -0.2) is 9.48 Å². The molecule has 2 amide bonds. The fourth-order valence-corrected chi connectivity index (χ4v) is 3.44. The summed E-state index contributed by atoms with van der Waals surface area (Å²) >= 11 is 0. The normalized spacial score (nSPS) is 15.8. The first kappa shape index (κ1) is 20.4. The quantitative estimate of drug-likeness (QED) is 0.587. The molecule has 3 heterocycles. The second kappa shape index (κ2) is 8.86. The number of benzene rings is 1. The maximum atomic E-state index is 12.7. The fourth-order valence-electron chi connectivity index (χ4n) is 3.44. The molecule has 0 saturated carbocycles. The number of anilines is 1. The van der Waals surface area contributed by atoms with Crippen LogP contribution < -0.4 is 5.32 Å². The van der Waals surface area contributed by atoms with Gasteiger partial charge >= 0.3 is 5.97 Å². The van der Waals surface area contributed by atoms with Gasteiger partial charge < -0.3 is 19.4 Å². The Hall–Kier alpha value is -3.88. The lowest BCUT2D eigenvalue weighted by Crippen LogP contribution is -2.27. The molecular formula is C22H22N4O5. The Morgan fingerprint density at radius 2 is 2.13 bits per heavy atom. The number of amides is 2. The fraction of sp³-hybridized carbons (Fsp3) is 0.273. The van der Waals surface area contributed by atoms with Crippen molar-refractivity contribution in [3.05, 3.63) is 66.4 Å². The van der Waals surface area contributed by atoms with Gasteiger partial charge in [0.05, 0.1) is 31.0 Å². The summed E-state index contributed by atoms with van der Waals surface area (Å²) in [6, 6.07) is 12.2. The van der Waals surface area contributed by atoms with Crippen LogP contribution in [-0.4, -0.2) is 45.6 Å². The predicted octanol–water partition coefficient (Wildman–Crippen LogP) is 2.63. The number of aromatic nitrogens is 2. The summed E-state index contributed by atoms with van der Waals surface area (Å²) in [5.41, 5.74) is 1.46. The first-order chi connectivity index (χ1) is 15.0. The van der Waals surface area contributed by atoms with Gasteiger partial charge in [-0.15, -0.1) is 0 Å². The van der Waals surface area contributed by atoms with Crippen molar-refractivity contribution in [2.24, 2.45) is 5.92 Å². The maximum Gasteiger partial charge on any atom is 0.358 e. The van der Waals surface area contributed by atoms with Crippen LogP contribution in [0.3, 0.4) is 0 Å². The standard InChI is InChI=1S/C22H22N4O5/c1-2-30-22(29)19-8-9-26(24-19)17-6-3-5-16(12-17)23-21(28)15-11-20(27)25(13-15)14-18-7-4-10-31-18/h3-10,12,15H,2,11,13-14H2,1H3,(H,23,28). The van der Waals surface area contributed by atoms with Crippen LogP contribution in [0.25, 0.3) is 5.69 Å². The molecule has 9 nitrogen and oxygen atoms in total. The molecule has 0 aliphatic carbocycles. The molecule has 0 spiro atoms. The molecule has 1 N–H and O–H groups in total. The van der Waals surface area contributed by atoms with Gasteiger partial charge in [-0.05, 0) is 43.3 Å². The molecule has 3 aromatic rings. The lowest BCUT2D eigenvalue weighted by Gasteiger charge is -2.15. The number of esters is 1. The number of nitrogens with zero attached hydrogens (tertiary/aromatic N) is 3. The highest BCUT2D eigenvalue weighted by molar-refractivity contribution is 5.97. The first-order valence-electron chi connectivity index (χ1n) is 9.97. The van der Waals surface area contributed by atoms with Gasteiger partial charge in [0.1, 0.15) is 5.76 Å². The third-order valence-corrected chi connectivity index (χ3v) is 4.96. The minimum Gasteiger partial charge on any atom is -0.467 e. The maximum absolute atomic E-state index is 12.7. The first-order valence-corrected chi connectivity index (χ1v) is 9.97. The highest BCUT2D eigenvalue weighted by atomic mass is 16.5. The average molecular weight is 422 g/mol. The molecule has 1 saturated heterocycles. The molecule has 31 heavy (non-hydrogen) atoms. The van der Waals surface area contributed by atoms with Crippen molar-refractivity contribution in [2.75, 3.05) is 18.5 Å². The van der Waals surface area contributed by atoms with Crippen molar-refractivity contribution in [1.82, 2.24) is 14.7 Å². The number of ether oxygens (including phenoxy) is 1. The zero-order chi connectivity index (χ0) is 21.8. The zero-order valence-corrected chi connectivity index (χ0v) is 17.0. The molecular weight excluding hydrogens is 400 g/mol. The van der Waals surface area contributed by atoms with E-state index in [1.54, 1.807) is 60.7 Å². The van der Waals surface area contributed by atoms with Crippen LogP contribution in [0.4, 0.5) is 5.69 Å². The summed E-state index contributed by atoms with van der Waals surface area (Å²) in [6.45, 7) is 2.70. The monoisotopic (exact) mass is 422 g/mol. The van der Waals surface area contributed by atoms with Gasteiger partial charge in [-0.2, -0.15) is 5.10 Å². The summed E-state index contributed by atoms with van der Waals surface area (Å²) in [6.07, 6.45) is 3.37. The average Bonchev–Trinajstić information content (AvgIpc) is 3.51. The predicted molar refractivity (Wildman–Crippen MR) is 110 cm³/mol. The number of carbonyl (C=O) groups is 3. The number of likely N-dealkylation sites (tertiary alicyclic amines) is 1. The SMILES string of the molecule is CCOC(=O)c1ccn(-c2cccc(NC(=O)C3CC(=O)N(Cc4ccco4)C3)c2)n1. The van der Waals surface area contributed by atoms with Gasteiger partial charge in [0.15, 0.2) is 5.69 Å². The number of hydrogen-bond acceptors (Lipinski definition) is 6. The summed E-state index contributed by atoms with van der Waals surface area (Å²) in [5, 5.41) is 7.09. The highest BCUT2D eigenvalue weighted by Gasteiger charge is 2.34. The van der Waals surface area contributed by atoms with Crippen LogP contribution in [0.15, 0.2) is 59.3 Å². The number of nitrogens with one attached hydrogen (secondary N) is 1. The smallest absolute Gasteiger partial charge is 0.358 e. The van der Waals surface area contributed by atoms with Gasteiger partial charge in [-0.3, -0.25) is 9.59 Å². The van der Waals surface area contributed by atoms with Crippen LogP contribution in [-0.2, 0) is 20.9 Å². The number of carbonyl (C=O) groups excluding carboxylic acids is 3. The van der Waals surface area contributed by atoms with Crippen LogP contribution in [0, 0.1) is 5.92 Å². The van der Waals surface area contributed by atoms with Crippen molar-refractivity contribution >= 4 is 23.5 Å². The minimum absolute atomic E-state index is 0.0756. The van der Waals surface area contributed by atoms with E-state index in [4.69, 9.17) is 9.15 Å². The van der Waals surface area contributed by atoms with E-state index in [0.29, 0.717) is 30.2 Å². The van der Waals surface area contributed by atoms with Gasteiger partial charge in [0.2, 0.25) is 11.8 Å². The highest BCUT2D eigenvalue weighted by Crippen LogP contribution is 2.23. The molecule has 1 fully saturated rings. The number of furan rings is 1. The van der Waals surface area contributed by atoms with E-state index in [0.717, 1.165) is 0 Å². The third-order valence-electron chi connectivity index (χ3n) is 4.96. The Morgan fingerprint density at radius 3 is 2.90 bits per heavy atom. The minimum atomic E-state index is -0.490. The summed E-state index contributed by atoms with van der Waals surface area (Å²) in [7, 11) is 0. The Labute approximate surface area is 178 Å². The van der Waals surface area contributed by atoms with E-state index < -0.39 is 11.9 Å². The largest absolute Gasteiger partial charge is 0.467 e. The molecule has 1 aliphatic heterocycles. The van der Waals surface area contributed by atoms with E-state index in [2.05, 4.69) is 10.4 Å². The third kappa shape index (κ3) is 4.66. The van der Waals surface area contributed by atoms with Crippen molar-refractivity contribution in [1.29, 1.82) is 0 Å². The van der Waals surface area contributed by atoms with E-state index in [9.17, 15) is 14.4 Å². The molecule has 1 atom stereocenters. The van der Waals surface area contributed by atoms with Crippen LogP contribution in [0.5, 0.6) is 0 Å². The zero-order valence-electron chi connectivity index (χ0n) is 17.0. The summed E-state index contributed by atoms with van der Waals surface area (Å²) < 4.78 is 11.8. The lowest BCUT2D eigenvalue weighted by molar-refractivity contribution is -0.128. The van der Waals surface area contributed by atoms with Crippen molar-refractivity contribution < 1.29 is 23.5 Å². The Kier molecular flexibility index (Phi) is 5.83. The van der Waals surface area contributed by atoms with Crippen LogP contribution in [0.1, 0.15) is 29.6 Å². The Bertz CT molecular complexity index is 1090. The molecule has 160 valence electrons. The van der Waals surface area contributed by atoms with E-state index >= 15 is 0 Å². The Morgan fingerprint density at radius 1 is 1.26 bits per heavy atom. The molecule has 1 unspecified atom stereocenters. The van der Waals surface area contributed by atoms with Gasteiger partial charge in [-0.1, -0.05) is 6.07 Å². The molecule has 2 aromatic heterocycles.